The fraction of sp³-hybridized carbons (Fsp3) is 0.455. The van der Waals surface area contributed by atoms with E-state index in [4.69, 9.17) is 9.84 Å². The predicted molar refractivity (Wildman–Crippen MR) is 61.0 cm³/mol. The second-order valence-electron chi connectivity index (χ2n) is 4.17. The molecular weight excluding hydrogens is 243 g/mol. The van der Waals surface area contributed by atoms with E-state index in [0.29, 0.717) is 13.0 Å². The minimum Gasteiger partial charge on any atom is -0.489 e. The number of rotatable bonds is 4. The van der Waals surface area contributed by atoms with Gasteiger partial charge in [-0.3, -0.25) is 10.1 Å². The molecule has 7 heteroatoms. The van der Waals surface area contributed by atoms with Gasteiger partial charge in [0.15, 0.2) is 0 Å². The summed E-state index contributed by atoms with van der Waals surface area (Å²) in [6.07, 6.45) is 0.365. The first-order valence-electron chi connectivity index (χ1n) is 5.54. The van der Waals surface area contributed by atoms with Crippen LogP contribution in [0.2, 0.25) is 0 Å². The van der Waals surface area contributed by atoms with Crippen LogP contribution in [0.5, 0.6) is 5.75 Å². The number of nitro groups is 1. The van der Waals surface area contributed by atoms with Crippen LogP contribution in [0.3, 0.4) is 0 Å². The number of aliphatic hydroxyl groups excluding tert-OH is 1. The first-order chi connectivity index (χ1) is 8.58. The van der Waals surface area contributed by atoms with Gasteiger partial charge < -0.3 is 15.2 Å². The van der Waals surface area contributed by atoms with Crippen LogP contribution in [0.1, 0.15) is 6.42 Å². The van der Waals surface area contributed by atoms with Gasteiger partial charge in [0.1, 0.15) is 17.7 Å². The molecule has 2 unspecified atom stereocenters. The summed E-state index contributed by atoms with van der Waals surface area (Å²) in [5.41, 5.74) is -0.338. The number of nitrogens with zero attached hydrogens (tertiary/aromatic N) is 1. The highest BCUT2D eigenvalue weighted by Crippen LogP contribution is 2.24. The molecule has 0 radical (unpaired) electrons. The molecule has 0 bridgehead atoms. The van der Waals surface area contributed by atoms with E-state index in [1.807, 2.05) is 0 Å². The molecule has 98 valence electrons. The Balaban J connectivity index is 2.07. The molecule has 2 atom stereocenters. The van der Waals surface area contributed by atoms with Gasteiger partial charge in [-0.15, -0.1) is 0 Å². The van der Waals surface area contributed by atoms with E-state index in [1.165, 1.54) is 6.07 Å². The molecule has 1 aliphatic heterocycles. The predicted octanol–water partition coefficient (Wildman–Crippen LogP) is 0.835. The van der Waals surface area contributed by atoms with Gasteiger partial charge in [0, 0.05) is 25.1 Å². The summed E-state index contributed by atoms with van der Waals surface area (Å²) in [4.78, 5) is 9.91. The maximum atomic E-state index is 13.2. The van der Waals surface area contributed by atoms with E-state index >= 15 is 0 Å². The molecule has 1 aliphatic rings. The lowest BCUT2D eigenvalue weighted by atomic mass is 10.2. The number of nitro benzene ring substituents is 1. The van der Waals surface area contributed by atoms with Crippen molar-refractivity contribution in [2.45, 2.75) is 18.6 Å². The Morgan fingerprint density at radius 1 is 1.56 bits per heavy atom. The Morgan fingerprint density at radius 2 is 2.33 bits per heavy atom. The van der Waals surface area contributed by atoms with Crippen LogP contribution < -0.4 is 10.1 Å². The molecule has 0 spiro atoms. The van der Waals surface area contributed by atoms with E-state index in [0.717, 1.165) is 12.1 Å². The SMILES string of the molecule is O=[N+]([O-])c1cc(F)cc(OC2CNC(CO)C2)c1. The molecule has 1 fully saturated rings. The van der Waals surface area contributed by atoms with Gasteiger partial charge in [0.05, 0.1) is 23.7 Å². The Hall–Kier alpha value is -1.73. The average Bonchev–Trinajstić information content (AvgIpc) is 2.76. The van der Waals surface area contributed by atoms with E-state index in [2.05, 4.69) is 5.32 Å². The Morgan fingerprint density at radius 3 is 2.94 bits per heavy atom. The smallest absolute Gasteiger partial charge is 0.276 e. The van der Waals surface area contributed by atoms with Crippen LogP contribution in [0.25, 0.3) is 0 Å². The van der Waals surface area contributed by atoms with Crippen LogP contribution in [-0.2, 0) is 0 Å². The highest BCUT2D eigenvalue weighted by Gasteiger charge is 2.25. The molecule has 1 heterocycles. The molecule has 2 rings (SSSR count). The monoisotopic (exact) mass is 256 g/mol. The van der Waals surface area contributed by atoms with E-state index in [-0.39, 0.29) is 30.2 Å². The number of hydrogen-bond donors (Lipinski definition) is 2. The number of halogens is 1. The zero-order valence-corrected chi connectivity index (χ0v) is 9.51. The number of benzene rings is 1. The molecule has 6 nitrogen and oxygen atoms in total. The standard InChI is InChI=1S/C11H13FN2O4/c12-7-1-9(14(16)17)4-10(2-7)18-11-3-8(6-15)13-5-11/h1-2,4,8,11,13,15H,3,5-6H2. The minimum atomic E-state index is -0.705. The van der Waals surface area contributed by atoms with Crippen LogP contribution >= 0.6 is 0 Å². The van der Waals surface area contributed by atoms with Crippen molar-refractivity contribution in [3.8, 4) is 5.75 Å². The Bertz CT molecular complexity index is 455. The van der Waals surface area contributed by atoms with Crippen LogP contribution in [0.15, 0.2) is 18.2 Å². The summed E-state index contributed by atoms with van der Waals surface area (Å²) >= 11 is 0. The molecule has 2 N–H and O–H groups in total. The van der Waals surface area contributed by atoms with Crippen molar-refractivity contribution in [3.05, 3.63) is 34.1 Å². The minimum absolute atomic E-state index is 0.00313. The molecule has 18 heavy (non-hydrogen) atoms. The second-order valence-corrected chi connectivity index (χ2v) is 4.17. The van der Waals surface area contributed by atoms with Crippen molar-refractivity contribution in [2.24, 2.45) is 0 Å². The number of ether oxygens (including phenoxy) is 1. The number of nitrogens with one attached hydrogen (secondary N) is 1. The summed E-state index contributed by atoms with van der Waals surface area (Å²) in [7, 11) is 0. The van der Waals surface area contributed by atoms with Crippen molar-refractivity contribution in [1.29, 1.82) is 0 Å². The van der Waals surface area contributed by atoms with E-state index in [9.17, 15) is 14.5 Å². The van der Waals surface area contributed by atoms with Crippen molar-refractivity contribution in [3.63, 3.8) is 0 Å². The lowest BCUT2D eigenvalue weighted by Gasteiger charge is -2.12. The van der Waals surface area contributed by atoms with Gasteiger partial charge >= 0.3 is 0 Å². The van der Waals surface area contributed by atoms with Crippen molar-refractivity contribution in [2.75, 3.05) is 13.2 Å². The second kappa shape index (κ2) is 5.28. The Kier molecular flexibility index (Phi) is 3.73. The third-order valence-electron chi connectivity index (χ3n) is 2.77. The molecule has 1 saturated heterocycles. The van der Waals surface area contributed by atoms with Crippen LogP contribution in [0.4, 0.5) is 10.1 Å². The lowest BCUT2D eigenvalue weighted by Crippen LogP contribution is -2.25. The molecule has 0 saturated carbocycles. The molecule has 0 aliphatic carbocycles. The molecule has 0 amide bonds. The number of hydrogen-bond acceptors (Lipinski definition) is 5. The van der Waals surface area contributed by atoms with Crippen molar-refractivity contribution < 1.29 is 19.2 Å². The van der Waals surface area contributed by atoms with Crippen molar-refractivity contribution >= 4 is 5.69 Å². The first-order valence-corrected chi connectivity index (χ1v) is 5.54. The third-order valence-corrected chi connectivity index (χ3v) is 2.77. The number of aliphatic hydroxyl groups is 1. The summed E-state index contributed by atoms with van der Waals surface area (Å²) < 4.78 is 18.6. The largest absolute Gasteiger partial charge is 0.489 e. The normalized spacial score (nSPS) is 23.0. The lowest BCUT2D eigenvalue weighted by molar-refractivity contribution is -0.385. The highest BCUT2D eigenvalue weighted by molar-refractivity contribution is 5.39. The summed E-state index contributed by atoms with van der Waals surface area (Å²) in [6.45, 7) is 0.526. The topological polar surface area (TPSA) is 84.6 Å². The van der Waals surface area contributed by atoms with Gasteiger partial charge in [-0.1, -0.05) is 0 Å². The number of non-ortho nitro benzene ring substituents is 1. The van der Waals surface area contributed by atoms with Gasteiger partial charge in [-0.05, 0) is 0 Å². The van der Waals surface area contributed by atoms with Gasteiger partial charge in [-0.2, -0.15) is 0 Å². The third kappa shape index (κ3) is 2.93. The highest BCUT2D eigenvalue weighted by atomic mass is 19.1. The zero-order valence-electron chi connectivity index (χ0n) is 9.51. The molecular formula is C11H13FN2O4. The van der Waals surface area contributed by atoms with Crippen LogP contribution in [0, 0.1) is 15.9 Å². The van der Waals surface area contributed by atoms with Crippen LogP contribution in [-0.4, -0.2) is 35.3 Å². The fourth-order valence-corrected chi connectivity index (χ4v) is 1.92. The molecule has 0 aromatic heterocycles. The molecule has 1 aromatic carbocycles. The quantitative estimate of drug-likeness (QED) is 0.616. The van der Waals surface area contributed by atoms with Gasteiger partial charge in [-0.25, -0.2) is 4.39 Å². The summed E-state index contributed by atoms with van der Waals surface area (Å²) in [5.74, 6) is -0.573. The average molecular weight is 256 g/mol. The van der Waals surface area contributed by atoms with Gasteiger partial charge in [0.25, 0.3) is 5.69 Å². The van der Waals surface area contributed by atoms with Gasteiger partial charge in [0.2, 0.25) is 0 Å². The fourth-order valence-electron chi connectivity index (χ4n) is 1.92. The van der Waals surface area contributed by atoms with E-state index < -0.39 is 10.7 Å². The maximum Gasteiger partial charge on any atom is 0.276 e. The maximum absolute atomic E-state index is 13.2. The van der Waals surface area contributed by atoms with Crippen molar-refractivity contribution in [1.82, 2.24) is 5.32 Å². The first kappa shape index (κ1) is 12.7. The zero-order chi connectivity index (χ0) is 13.1. The summed E-state index contributed by atoms with van der Waals surface area (Å²) in [5, 5.41) is 22.5. The van der Waals surface area contributed by atoms with E-state index in [1.54, 1.807) is 0 Å². The Labute approximate surface area is 103 Å². The summed E-state index contributed by atoms with van der Waals surface area (Å²) in [6, 6.07) is 3.10. The molecule has 1 aromatic rings.